The van der Waals surface area contributed by atoms with Crippen LogP contribution in [0.5, 0.6) is 0 Å². The molecule has 13 heavy (non-hydrogen) atoms. The molecule has 5 heteroatoms. The predicted octanol–water partition coefficient (Wildman–Crippen LogP) is 2.01. The highest BCUT2D eigenvalue weighted by Crippen LogP contribution is 2.24. The Labute approximate surface area is 75.7 Å². The molecule has 2 nitrogen and oxygen atoms in total. The lowest BCUT2D eigenvalue weighted by atomic mass is 10.3. The number of halogens is 3. The third-order valence-electron chi connectivity index (χ3n) is 2.21. The fraction of sp³-hybridized carbons (Fsp3) is 1.00. The highest BCUT2D eigenvalue weighted by molar-refractivity contribution is 4.78. The van der Waals surface area contributed by atoms with Crippen molar-refractivity contribution >= 4 is 0 Å². The highest BCUT2D eigenvalue weighted by Gasteiger charge is 2.36. The van der Waals surface area contributed by atoms with E-state index in [0.29, 0.717) is 25.6 Å². The Balaban J connectivity index is 2.33. The summed E-state index contributed by atoms with van der Waals surface area (Å²) < 4.78 is 39.3. The Bertz CT molecular complexity index is 169. The average Bonchev–Trinajstić information content (AvgIpc) is 2.31. The average molecular weight is 197 g/mol. The van der Waals surface area contributed by atoms with Gasteiger partial charge < -0.3 is 0 Å². The Morgan fingerprint density at radius 2 is 2.00 bits per heavy atom. The van der Waals surface area contributed by atoms with Gasteiger partial charge in [-0.05, 0) is 20.3 Å². The zero-order valence-corrected chi connectivity index (χ0v) is 7.77. The highest BCUT2D eigenvalue weighted by atomic mass is 19.4. The first-order chi connectivity index (χ1) is 5.88. The monoisotopic (exact) mass is 197 g/mol. The second kappa shape index (κ2) is 3.84. The Kier molecular flexibility index (Phi) is 3.18. The smallest absolute Gasteiger partial charge is 0.298 e. The van der Waals surface area contributed by atoms with Crippen LogP contribution < -0.4 is 0 Å². The van der Waals surface area contributed by atoms with Gasteiger partial charge >= 0.3 is 6.36 Å². The van der Waals surface area contributed by atoms with E-state index in [2.05, 4.69) is 4.74 Å². The van der Waals surface area contributed by atoms with Gasteiger partial charge in [0.1, 0.15) is 0 Å². The van der Waals surface area contributed by atoms with Crippen LogP contribution in [0.15, 0.2) is 0 Å². The Hall–Kier alpha value is -0.290. The number of hydrogen-bond acceptors (Lipinski definition) is 2. The third-order valence-corrected chi connectivity index (χ3v) is 2.21. The van der Waals surface area contributed by atoms with Crippen molar-refractivity contribution in [3.8, 4) is 0 Å². The molecule has 0 N–H and O–H groups in total. The fourth-order valence-electron chi connectivity index (χ4n) is 1.51. The van der Waals surface area contributed by atoms with Crippen LogP contribution in [0, 0.1) is 0 Å². The van der Waals surface area contributed by atoms with Crippen molar-refractivity contribution in [2.45, 2.75) is 38.8 Å². The first-order valence-electron chi connectivity index (χ1n) is 4.37. The lowest BCUT2D eigenvalue weighted by Crippen LogP contribution is -2.31. The predicted molar refractivity (Wildman–Crippen MR) is 42.3 cm³/mol. The van der Waals surface area contributed by atoms with Crippen molar-refractivity contribution < 1.29 is 17.9 Å². The van der Waals surface area contributed by atoms with Gasteiger partial charge in [0.2, 0.25) is 0 Å². The van der Waals surface area contributed by atoms with Crippen molar-refractivity contribution in [2.75, 3.05) is 13.1 Å². The minimum atomic E-state index is -4.49. The van der Waals surface area contributed by atoms with Gasteiger partial charge in [-0.15, -0.1) is 13.2 Å². The van der Waals surface area contributed by atoms with E-state index in [0.717, 1.165) is 0 Å². The van der Waals surface area contributed by atoms with Gasteiger partial charge in [0, 0.05) is 19.1 Å². The topological polar surface area (TPSA) is 12.5 Å². The number of nitrogens with zero attached hydrogens (tertiary/aromatic N) is 1. The van der Waals surface area contributed by atoms with Gasteiger partial charge in [0.25, 0.3) is 0 Å². The molecule has 1 saturated heterocycles. The van der Waals surface area contributed by atoms with Crippen LogP contribution >= 0.6 is 0 Å². The molecule has 78 valence electrons. The van der Waals surface area contributed by atoms with Crippen LogP contribution in [0.2, 0.25) is 0 Å². The van der Waals surface area contributed by atoms with E-state index < -0.39 is 12.5 Å². The number of likely N-dealkylation sites (tertiary alicyclic amines) is 1. The summed E-state index contributed by atoms with van der Waals surface area (Å²) in [6.07, 6.45) is -4.70. The molecule has 1 fully saturated rings. The van der Waals surface area contributed by atoms with Crippen LogP contribution in [0.25, 0.3) is 0 Å². The van der Waals surface area contributed by atoms with Crippen molar-refractivity contribution in [1.82, 2.24) is 4.90 Å². The van der Waals surface area contributed by atoms with E-state index in [1.165, 1.54) is 0 Å². The molecule has 0 aromatic rings. The molecule has 0 saturated carbocycles. The van der Waals surface area contributed by atoms with Gasteiger partial charge in [-0.1, -0.05) is 0 Å². The van der Waals surface area contributed by atoms with Crippen LogP contribution in [0.4, 0.5) is 13.2 Å². The molecule has 1 rings (SSSR count). The van der Waals surface area contributed by atoms with E-state index in [-0.39, 0.29) is 0 Å². The summed E-state index contributed by atoms with van der Waals surface area (Å²) in [6, 6.07) is 0.293. The first-order valence-corrected chi connectivity index (χ1v) is 4.37. The lowest BCUT2D eigenvalue weighted by molar-refractivity contribution is -0.340. The molecular weight excluding hydrogens is 183 g/mol. The van der Waals surface area contributed by atoms with Crippen LogP contribution in [0.3, 0.4) is 0 Å². The summed E-state index contributed by atoms with van der Waals surface area (Å²) in [5.41, 5.74) is 0. The van der Waals surface area contributed by atoms with Crippen LogP contribution in [0.1, 0.15) is 20.3 Å². The molecule has 0 radical (unpaired) electrons. The van der Waals surface area contributed by atoms with Gasteiger partial charge in [0.05, 0.1) is 6.10 Å². The van der Waals surface area contributed by atoms with Crippen molar-refractivity contribution in [3.05, 3.63) is 0 Å². The zero-order valence-electron chi connectivity index (χ0n) is 7.77. The fourth-order valence-corrected chi connectivity index (χ4v) is 1.51. The quantitative estimate of drug-likeness (QED) is 0.671. The summed E-state index contributed by atoms with van der Waals surface area (Å²) in [7, 11) is 0. The number of hydrogen-bond donors (Lipinski definition) is 0. The van der Waals surface area contributed by atoms with E-state index in [1.54, 1.807) is 0 Å². The summed E-state index contributed by atoms with van der Waals surface area (Å²) in [5, 5.41) is 0. The summed E-state index contributed by atoms with van der Waals surface area (Å²) >= 11 is 0. The molecule has 0 aromatic carbocycles. The van der Waals surface area contributed by atoms with Crippen molar-refractivity contribution in [3.63, 3.8) is 0 Å². The van der Waals surface area contributed by atoms with Crippen LogP contribution in [-0.4, -0.2) is 36.5 Å². The second-order valence-electron chi connectivity index (χ2n) is 3.56. The second-order valence-corrected chi connectivity index (χ2v) is 3.56. The molecule has 0 amide bonds. The molecule has 1 heterocycles. The maximum Gasteiger partial charge on any atom is 0.522 e. The molecule has 0 bridgehead atoms. The van der Waals surface area contributed by atoms with E-state index >= 15 is 0 Å². The minimum absolute atomic E-state index is 0.293. The molecule has 0 spiro atoms. The SMILES string of the molecule is CC(C)N1CCC(OC(F)(F)F)C1. The van der Waals surface area contributed by atoms with Gasteiger partial charge in [-0.25, -0.2) is 0 Å². The largest absolute Gasteiger partial charge is 0.522 e. The van der Waals surface area contributed by atoms with Gasteiger partial charge in [0.15, 0.2) is 0 Å². The lowest BCUT2D eigenvalue weighted by Gasteiger charge is -2.20. The van der Waals surface area contributed by atoms with Gasteiger partial charge in [-0.3, -0.25) is 9.64 Å². The van der Waals surface area contributed by atoms with Gasteiger partial charge in [-0.2, -0.15) is 0 Å². The molecule has 1 aliphatic rings. The Morgan fingerprint density at radius 3 is 2.38 bits per heavy atom. The molecule has 1 atom stereocenters. The molecular formula is C8H14F3NO. The first kappa shape index (κ1) is 10.8. The number of rotatable bonds is 2. The third kappa shape index (κ3) is 3.52. The summed E-state index contributed by atoms with van der Waals surface area (Å²) in [5.74, 6) is 0. The zero-order chi connectivity index (χ0) is 10.1. The maximum atomic E-state index is 11.8. The normalized spacial score (nSPS) is 25.8. The number of ether oxygens (including phenoxy) is 1. The van der Waals surface area contributed by atoms with E-state index in [4.69, 9.17) is 0 Å². The minimum Gasteiger partial charge on any atom is -0.298 e. The maximum absolute atomic E-state index is 11.8. The molecule has 1 unspecified atom stereocenters. The van der Waals surface area contributed by atoms with E-state index in [9.17, 15) is 13.2 Å². The van der Waals surface area contributed by atoms with E-state index in [1.807, 2.05) is 18.7 Å². The van der Waals surface area contributed by atoms with Crippen LogP contribution in [-0.2, 0) is 4.74 Å². The van der Waals surface area contributed by atoms with Crippen molar-refractivity contribution in [2.24, 2.45) is 0 Å². The summed E-state index contributed by atoms with van der Waals surface area (Å²) in [4.78, 5) is 1.98. The van der Waals surface area contributed by atoms with Crippen molar-refractivity contribution in [1.29, 1.82) is 0 Å². The molecule has 0 aromatic heterocycles. The standard InChI is InChI=1S/C8H14F3NO/c1-6(2)12-4-3-7(5-12)13-8(9,10)11/h6-7H,3-5H2,1-2H3. The Morgan fingerprint density at radius 1 is 1.38 bits per heavy atom. The molecule has 0 aliphatic carbocycles. The summed E-state index contributed by atoms with van der Waals surface area (Å²) in [6.45, 7) is 5.02. The molecule has 1 aliphatic heterocycles. The number of alkyl halides is 3.